The lowest BCUT2D eigenvalue weighted by Crippen LogP contribution is -2.33. The van der Waals surface area contributed by atoms with E-state index >= 15 is 0 Å². The van der Waals surface area contributed by atoms with E-state index in [2.05, 4.69) is 10.4 Å². The van der Waals surface area contributed by atoms with Crippen LogP contribution >= 0.6 is 0 Å². The Morgan fingerprint density at radius 2 is 1.78 bits per heavy atom. The van der Waals surface area contributed by atoms with Gasteiger partial charge in [0.1, 0.15) is 11.4 Å². The van der Waals surface area contributed by atoms with Gasteiger partial charge in [-0.1, -0.05) is 60.7 Å². The maximum absolute atomic E-state index is 13.2. The number of hydrogen-bond acceptors (Lipinski definition) is 5. The number of fused-ring (bicyclic) bond motifs is 1. The van der Waals surface area contributed by atoms with Gasteiger partial charge in [0, 0.05) is 18.7 Å². The van der Waals surface area contributed by atoms with Gasteiger partial charge in [0.15, 0.2) is 0 Å². The third kappa shape index (κ3) is 4.38. The minimum absolute atomic E-state index is 0.0795. The lowest BCUT2D eigenvalue weighted by Gasteiger charge is -2.22. The van der Waals surface area contributed by atoms with Gasteiger partial charge < -0.3 is 15.2 Å². The first-order valence-electron chi connectivity index (χ1n) is 10.2. The van der Waals surface area contributed by atoms with Crippen molar-refractivity contribution >= 4 is 16.7 Å². The Bertz CT molecular complexity index is 1300. The number of hydrogen-bond donors (Lipinski definition) is 2. The Labute approximate surface area is 184 Å². The minimum atomic E-state index is -0.629. The Morgan fingerprint density at radius 3 is 2.56 bits per heavy atom. The van der Waals surface area contributed by atoms with E-state index in [-0.39, 0.29) is 23.5 Å². The molecule has 162 valence electrons. The van der Waals surface area contributed by atoms with Gasteiger partial charge in [-0.25, -0.2) is 4.68 Å². The van der Waals surface area contributed by atoms with E-state index in [4.69, 9.17) is 4.74 Å². The molecule has 1 heterocycles. The van der Waals surface area contributed by atoms with Crippen LogP contribution in [0.25, 0.3) is 10.8 Å². The number of carbonyl (C=O) groups is 1. The Balaban J connectivity index is 1.77. The molecule has 1 aromatic heterocycles. The summed E-state index contributed by atoms with van der Waals surface area (Å²) in [6.45, 7) is 0.539. The highest BCUT2D eigenvalue weighted by Gasteiger charge is 2.24. The number of aromatic nitrogens is 2. The number of nitrogens with zero attached hydrogens (tertiary/aromatic N) is 2. The van der Waals surface area contributed by atoms with Gasteiger partial charge in [0.2, 0.25) is 0 Å². The van der Waals surface area contributed by atoms with Crippen LogP contribution in [0.5, 0.6) is 5.75 Å². The summed E-state index contributed by atoms with van der Waals surface area (Å²) in [5.74, 6) is -0.381. The number of amides is 1. The number of rotatable bonds is 7. The molecule has 7 nitrogen and oxygen atoms in total. The summed E-state index contributed by atoms with van der Waals surface area (Å²) in [7, 11) is 1.53. The van der Waals surface area contributed by atoms with Crippen LogP contribution in [0, 0.1) is 0 Å². The van der Waals surface area contributed by atoms with Crippen molar-refractivity contribution in [3.8, 4) is 5.75 Å². The zero-order valence-electron chi connectivity index (χ0n) is 17.6. The molecule has 0 bridgehead atoms. The van der Waals surface area contributed by atoms with Crippen LogP contribution in [0.15, 0.2) is 83.7 Å². The predicted molar refractivity (Wildman–Crippen MR) is 122 cm³/mol. The van der Waals surface area contributed by atoms with E-state index in [0.717, 1.165) is 16.3 Å². The van der Waals surface area contributed by atoms with Gasteiger partial charge in [-0.15, -0.1) is 0 Å². The lowest BCUT2D eigenvalue weighted by molar-refractivity contribution is 0.0934. The van der Waals surface area contributed by atoms with E-state index in [9.17, 15) is 14.7 Å². The second-order valence-corrected chi connectivity index (χ2v) is 7.31. The molecule has 0 fully saturated rings. The number of carbonyl (C=O) groups excluding carboxylic acids is 1. The molecule has 0 radical (unpaired) electrons. The van der Waals surface area contributed by atoms with Crippen molar-refractivity contribution < 1.29 is 14.6 Å². The highest BCUT2D eigenvalue weighted by atomic mass is 16.5. The first kappa shape index (κ1) is 21.3. The smallest absolute Gasteiger partial charge is 0.272 e. The van der Waals surface area contributed by atoms with Crippen LogP contribution in [0.1, 0.15) is 27.7 Å². The summed E-state index contributed by atoms with van der Waals surface area (Å²) in [4.78, 5) is 25.2. The molecule has 0 spiro atoms. The number of ether oxygens (including phenoxy) is 1. The lowest BCUT2D eigenvalue weighted by atomic mass is 9.92. The standard InChI is InChI=1S/C25H23N3O4/c1-32-16-15-28-22(30)14-12-20(27-28)25(31)26-24(18-8-3-2-4-9-18)23-19-10-6-5-7-17(19)11-13-21(23)29/h2-14,24,29H,15-16H2,1H3,(H,26,31). The van der Waals surface area contributed by atoms with Gasteiger partial charge in [-0.2, -0.15) is 5.10 Å². The van der Waals surface area contributed by atoms with Crippen molar-refractivity contribution in [1.29, 1.82) is 0 Å². The quantitative estimate of drug-likeness (QED) is 0.470. The molecule has 4 aromatic rings. The topological polar surface area (TPSA) is 93.5 Å². The average Bonchev–Trinajstić information content (AvgIpc) is 2.83. The van der Waals surface area contributed by atoms with Crippen molar-refractivity contribution in [2.75, 3.05) is 13.7 Å². The van der Waals surface area contributed by atoms with Crippen molar-refractivity contribution in [3.63, 3.8) is 0 Å². The Kier molecular flexibility index (Phi) is 6.28. The monoisotopic (exact) mass is 429 g/mol. The van der Waals surface area contributed by atoms with Crippen LogP contribution in [0.2, 0.25) is 0 Å². The molecule has 4 rings (SSSR count). The number of phenolic OH excluding ortho intramolecular Hbond substituents is 1. The summed E-state index contributed by atoms with van der Waals surface area (Å²) in [5, 5.41) is 19.7. The zero-order valence-corrected chi connectivity index (χ0v) is 17.6. The van der Waals surface area contributed by atoms with Crippen molar-refractivity contribution in [2.45, 2.75) is 12.6 Å². The van der Waals surface area contributed by atoms with E-state index in [1.54, 1.807) is 6.07 Å². The van der Waals surface area contributed by atoms with Gasteiger partial charge in [0.05, 0.1) is 19.2 Å². The van der Waals surface area contributed by atoms with Gasteiger partial charge >= 0.3 is 0 Å². The van der Waals surface area contributed by atoms with Crippen molar-refractivity contribution in [2.24, 2.45) is 0 Å². The first-order chi connectivity index (χ1) is 15.6. The second kappa shape index (κ2) is 9.45. The summed E-state index contributed by atoms with van der Waals surface area (Å²) in [6, 6.07) is 22.6. The van der Waals surface area contributed by atoms with E-state index < -0.39 is 11.9 Å². The fourth-order valence-electron chi connectivity index (χ4n) is 3.67. The molecule has 32 heavy (non-hydrogen) atoms. The number of nitrogens with one attached hydrogen (secondary N) is 1. The normalized spacial score (nSPS) is 11.9. The first-order valence-corrected chi connectivity index (χ1v) is 10.2. The van der Waals surface area contributed by atoms with Crippen LogP contribution in [0.4, 0.5) is 0 Å². The summed E-state index contributed by atoms with van der Waals surface area (Å²) < 4.78 is 6.21. The highest BCUT2D eigenvalue weighted by Crippen LogP contribution is 2.35. The van der Waals surface area contributed by atoms with Crippen LogP contribution in [0.3, 0.4) is 0 Å². The average molecular weight is 429 g/mol. The molecule has 1 atom stereocenters. The van der Waals surface area contributed by atoms with Crippen LogP contribution in [-0.2, 0) is 11.3 Å². The second-order valence-electron chi connectivity index (χ2n) is 7.31. The molecule has 1 unspecified atom stereocenters. The molecular weight excluding hydrogens is 406 g/mol. The van der Waals surface area contributed by atoms with Crippen LogP contribution in [-0.4, -0.2) is 34.5 Å². The minimum Gasteiger partial charge on any atom is -0.508 e. The van der Waals surface area contributed by atoms with Gasteiger partial charge in [0.25, 0.3) is 11.5 Å². The third-order valence-electron chi connectivity index (χ3n) is 5.25. The van der Waals surface area contributed by atoms with E-state index in [1.165, 1.54) is 23.9 Å². The zero-order chi connectivity index (χ0) is 22.5. The fourth-order valence-corrected chi connectivity index (χ4v) is 3.67. The maximum Gasteiger partial charge on any atom is 0.272 e. The molecule has 0 aliphatic rings. The number of benzene rings is 3. The number of methoxy groups -OCH3 is 1. The predicted octanol–water partition coefficient (Wildman–Crippen LogP) is 3.27. The molecule has 3 aromatic carbocycles. The third-order valence-corrected chi connectivity index (χ3v) is 5.25. The fraction of sp³-hybridized carbons (Fsp3) is 0.160. The van der Waals surface area contributed by atoms with Crippen molar-refractivity contribution in [3.05, 3.63) is 106 Å². The molecule has 2 N–H and O–H groups in total. The van der Waals surface area contributed by atoms with Crippen LogP contribution < -0.4 is 10.9 Å². The van der Waals surface area contributed by atoms with Gasteiger partial charge in [-0.3, -0.25) is 9.59 Å². The van der Waals surface area contributed by atoms with E-state index in [1.807, 2.05) is 60.7 Å². The molecule has 0 saturated carbocycles. The summed E-state index contributed by atoms with van der Waals surface area (Å²) in [6.07, 6.45) is 0. The van der Waals surface area contributed by atoms with Crippen molar-refractivity contribution in [1.82, 2.24) is 15.1 Å². The van der Waals surface area contributed by atoms with Gasteiger partial charge in [-0.05, 0) is 28.5 Å². The maximum atomic E-state index is 13.2. The number of aromatic hydroxyl groups is 1. The molecule has 7 heteroatoms. The van der Waals surface area contributed by atoms with E-state index in [0.29, 0.717) is 12.2 Å². The molecule has 0 aliphatic heterocycles. The molecule has 0 aliphatic carbocycles. The number of phenols is 1. The largest absolute Gasteiger partial charge is 0.508 e. The highest BCUT2D eigenvalue weighted by molar-refractivity contribution is 5.94. The molecular formula is C25H23N3O4. The Morgan fingerprint density at radius 1 is 1.03 bits per heavy atom. The Hall–Kier alpha value is -3.97. The summed E-state index contributed by atoms with van der Waals surface area (Å²) >= 11 is 0. The SMILES string of the molecule is COCCn1nc(C(=O)NC(c2ccccc2)c2c(O)ccc3ccccc23)ccc1=O. The molecule has 0 saturated heterocycles. The summed E-state index contributed by atoms with van der Waals surface area (Å²) in [5.41, 5.74) is 1.18. The molecule has 1 amide bonds.